The van der Waals surface area contributed by atoms with Gasteiger partial charge in [-0.25, -0.2) is 4.98 Å². The Morgan fingerprint density at radius 3 is 2.67 bits per heavy atom. The largest absolute Gasteiger partial charge is 0.416 e. The van der Waals surface area contributed by atoms with Crippen molar-refractivity contribution in [1.29, 1.82) is 0 Å². The minimum atomic E-state index is -4.36. The minimum Gasteiger partial charge on any atom is -0.381 e. The quantitative estimate of drug-likeness (QED) is 0.528. The number of nitrogens with zero attached hydrogens (tertiary/aromatic N) is 2. The summed E-state index contributed by atoms with van der Waals surface area (Å²) in [5.41, 5.74) is 0.655. The zero-order valence-electron chi connectivity index (χ0n) is 17.2. The summed E-state index contributed by atoms with van der Waals surface area (Å²) in [6.07, 6.45) is -2.29. The normalized spacial score (nSPS) is 17.0. The Kier molecular flexibility index (Phi) is 7.36. The number of alkyl halides is 3. The van der Waals surface area contributed by atoms with Gasteiger partial charge >= 0.3 is 6.18 Å². The topological polar surface area (TPSA) is 58.5 Å². The second-order valence-electron chi connectivity index (χ2n) is 7.43. The molecule has 1 aromatic heterocycles. The number of thiazole rings is 1. The average molecular weight is 441 g/mol. The molecule has 9 heteroatoms. The number of nitrogens with one attached hydrogen (secondary N) is 2. The molecule has 1 aliphatic heterocycles. The van der Waals surface area contributed by atoms with E-state index in [-0.39, 0.29) is 0 Å². The molecule has 0 bridgehead atoms. The van der Waals surface area contributed by atoms with Crippen LogP contribution in [0.2, 0.25) is 0 Å². The zero-order chi connectivity index (χ0) is 21.6. The van der Waals surface area contributed by atoms with Gasteiger partial charge in [-0.15, -0.1) is 11.3 Å². The average Bonchev–Trinajstić information content (AvgIpc) is 3.15. The van der Waals surface area contributed by atoms with Gasteiger partial charge in [0, 0.05) is 50.6 Å². The molecular formula is C21H27F3N4OS. The lowest BCUT2D eigenvalue weighted by molar-refractivity contribution is -0.137. The number of rotatable bonds is 6. The molecule has 2 heterocycles. The van der Waals surface area contributed by atoms with E-state index in [0.717, 1.165) is 23.2 Å². The SMILES string of the molecule is CN=C(NCCc1csc(C)n1)NCC1(c2cccc(C(F)(F)F)c2)CCOCC1. The van der Waals surface area contributed by atoms with E-state index in [4.69, 9.17) is 4.74 Å². The van der Waals surface area contributed by atoms with Crippen LogP contribution in [0.3, 0.4) is 0 Å². The van der Waals surface area contributed by atoms with Gasteiger partial charge in [-0.2, -0.15) is 13.2 Å². The van der Waals surface area contributed by atoms with Crippen molar-refractivity contribution < 1.29 is 17.9 Å². The van der Waals surface area contributed by atoms with Crippen LogP contribution in [0.25, 0.3) is 0 Å². The van der Waals surface area contributed by atoms with Gasteiger partial charge in [-0.1, -0.05) is 18.2 Å². The molecule has 2 N–H and O–H groups in total. The standard InChI is InChI=1S/C21H27F3N4OS/c1-15-28-18(13-30-15)6-9-26-19(25-2)27-14-20(7-10-29-11-8-20)16-4-3-5-17(12-16)21(22,23)24/h3-5,12-13H,6-11,14H2,1-2H3,(H2,25,26,27). The van der Waals surface area contributed by atoms with Crippen molar-refractivity contribution in [2.75, 3.05) is 33.4 Å². The van der Waals surface area contributed by atoms with Crippen molar-refractivity contribution in [2.24, 2.45) is 4.99 Å². The number of hydrogen-bond donors (Lipinski definition) is 2. The second-order valence-corrected chi connectivity index (χ2v) is 8.49. The Morgan fingerprint density at radius 1 is 1.27 bits per heavy atom. The number of aromatic nitrogens is 1. The van der Waals surface area contributed by atoms with Gasteiger partial charge in [0.15, 0.2) is 5.96 Å². The fraction of sp³-hybridized carbons (Fsp3) is 0.524. The number of aryl methyl sites for hydroxylation is 1. The Labute approximate surface area is 178 Å². The first kappa shape index (κ1) is 22.6. The molecule has 0 unspecified atom stereocenters. The predicted molar refractivity (Wildman–Crippen MR) is 113 cm³/mol. The third-order valence-electron chi connectivity index (χ3n) is 5.41. The molecule has 0 atom stereocenters. The van der Waals surface area contributed by atoms with Crippen molar-refractivity contribution in [1.82, 2.24) is 15.6 Å². The number of benzene rings is 1. The Bertz CT molecular complexity index is 860. The number of ether oxygens (including phenoxy) is 1. The molecule has 0 saturated carbocycles. The fourth-order valence-corrected chi connectivity index (χ4v) is 4.31. The highest BCUT2D eigenvalue weighted by Gasteiger charge is 2.37. The summed E-state index contributed by atoms with van der Waals surface area (Å²) < 4.78 is 45.2. The van der Waals surface area contributed by atoms with E-state index in [2.05, 4.69) is 20.6 Å². The molecule has 3 rings (SSSR count). The summed E-state index contributed by atoms with van der Waals surface area (Å²) in [6, 6.07) is 5.65. The van der Waals surface area contributed by atoms with Crippen LogP contribution >= 0.6 is 11.3 Å². The van der Waals surface area contributed by atoms with Gasteiger partial charge in [0.2, 0.25) is 0 Å². The van der Waals surface area contributed by atoms with Gasteiger partial charge < -0.3 is 15.4 Å². The predicted octanol–water partition coefficient (Wildman–Crippen LogP) is 3.93. The molecule has 0 amide bonds. The van der Waals surface area contributed by atoms with Gasteiger partial charge in [0.05, 0.1) is 16.3 Å². The number of guanidine groups is 1. The van der Waals surface area contributed by atoms with Crippen molar-refractivity contribution in [2.45, 2.75) is 37.8 Å². The maximum atomic E-state index is 13.2. The molecule has 1 aromatic carbocycles. The van der Waals surface area contributed by atoms with Crippen molar-refractivity contribution >= 4 is 17.3 Å². The van der Waals surface area contributed by atoms with Crippen LogP contribution in [-0.2, 0) is 22.7 Å². The van der Waals surface area contributed by atoms with Gasteiger partial charge in [0.1, 0.15) is 0 Å². The van der Waals surface area contributed by atoms with E-state index in [0.29, 0.717) is 50.7 Å². The first-order chi connectivity index (χ1) is 14.3. The molecule has 0 aliphatic carbocycles. The highest BCUT2D eigenvalue weighted by molar-refractivity contribution is 7.09. The smallest absolute Gasteiger partial charge is 0.381 e. The monoisotopic (exact) mass is 440 g/mol. The lowest BCUT2D eigenvalue weighted by atomic mass is 9.73. The van der Waals surface area contributed by atoms with E-state index in [1.165, 1.54) is 12.1 Å². The lowest BCUT2D eigenvalue weighted by Crippen LogP contribution is -2.48. The summed E-state index contributed by atoms with van der Waals surface area (Å²) >= 11 is 1.62. The Morgan fingerprint density at radius 2 is 2.03 bits per heavy atom. The fourth-order valence-electron chi connectivity index (χ4n) is 3.66. The highest BCUT2D eigenvalue weighted by Crippen LogP contribution is 2.37. The second kappa shape index (κ2) is 9.78. The molecule has 1 saturated heterocycles. The minimum absolute atomic E-state index is 0.441. The summed E-state index contributed by atoms with van der Waals surface area (Å²) in [5, 5.41) is 9.65. The first-order valence-corrected chi connectivity index (χ1v) is 10.8. The van der Waals surface area contributed by atoms with Crippen LogP contribution < -0.4 is 10.6 Å². The van der Waals surface area contributed by atoms with Crippen molar-refractivity contribution in [3.05, 3.63) is 51.5 Å². The van der Waals surface area contributed by atoms with Crippen LogP contribution in [0.15, 0.2) is 34.6 Å². The van der Waals surface area contributed by atoms with Crippen molar-refractivity contribution in [3.8, 4) is 0 Å². The van der Waals surface area contributed by atoms with E-state index in [9.17, 15) is 13.2 Å². The molecule has 5 nitrogen and oxygen atoms in total. The molecule has 1 fully saturated rings. The number of halogens is 3. The Balaban J connectivity index is 1.67. The van der Waals surface area contributed by atoms with Gasteiger partial charge in [0.25, 0.3) is 0 Å². The molecule has 0 radical (unpaired) electrons. The Hall–Kier alpha value is -2.13. The molecule has 2 aromatic rings. The lowest BCUT2D eigenvalue weighted by Gasteiger charge is -2.38. The maximum Gasteiger partial charge on any atom is 0.416 e. The molecular weight excluding hydrogens is 413 g/mol. The number of hydrogen-bond acceptors (Lipinski definition) is 4. The van der Waals surface area contributed by atoms with E-state index in [1.54, 1.807) is 24.5 Å². The van der Waals surface area contributed by atoms with Crippen LogP contribution in [0, 0.1) is 6.92 Å². The molecule has 0 spiro atoms. The van der Waals surface area contributed by atoms with E-state index in [1.807, 2.05) is 12.3 Å². The van der Waals surface area contributed by atoms with Crippen LogP contribution in [0.4, 0.5) is 13.2 Å². The zero-order valence-corrected chi connectivity index (χ0v) is 18.0. The molecule has 164 valence electrons. The van der Waals surface area contributed by atoms with Gasteiger partial charge in [-0.05, 0) is 31.4 Å². The third-order valence-corrected chi connectivity index (χ3v) is 6.23. The van der Waals surface area contributed by atoms with E-state index >= 15 is 0 Å². The highest BCUT2D eigenvalue weighted by atomic mass is 32.1. The van der Waals surface area contributed by atoms with Crippen LogP contribution in [-0.4, -0.2) is 44.3 Å². The van der Waals surface area contributed by atoms with Crippen molar-refractivity contribution in [3.63, 3.8) is 0 Å². The summed E-state index contributed by atoms with van der Waals surface area (Å²) in [4.78, 5) is 8.70. The van der Waals surface area contributed by atoms with Gasteiger partial charge in [-0.3, -0.25) is 4.99 Å². The summed E-state index contributed by atoms with van der Waals surface area (Å²) in [7, 11) is 1.68. The van der Waals surface area contributed by atoms with Crippen LogP contribution in [0.1, 0.15) is 34.7 Å². The third kappa shape index (κ3) is 5.72. The first-order valence-electron chi connectivity index (χ1n) is 9.93. The molecule has 30 heavy (non-hydrogen) atoms. The van der Waals surface area contributed by atoms with Crippen LogP contribution in [0.5, 0.6) is 0 Å². The summed E-state index contributed by atoms with van der Waals surface area (Å²) in [5.74, 6) is 0.625. The summed E-state index contributed by atoms with van der Waals surface area (Å²) in [6.45, 7) is 4.17. The number of aliphatic imine (C=N–C) groups is 1. The molecule has 1 aliphatic rings. The maximum absolute atomic E-state index is 13.2. The van der Waals surface area contributed by atoms with E-state index < -0.39 is 17.2 Å².